The summed E-state index contributed by atoms with van der Waals surface area (Å²) in [5.74, 6) is 0.171. The largest absolute Gasteiger partial charge is 0.376 e. The van der Waals surface area contributed by atoms with E-state index in [1.807, 2.05) is 11.0 Å². The fourth-order valence-corrected chi connectivity index (χ4v) is 3.26. The Kier molecular flexibility index (Phi) is 4.65. The van der Waals surface area contributed by atoms with Gasteiger partial charge < -0.3 is 10.2 Å². The highest BCUT2D eigenvalue weighted by Crippen LogP contribution is 2.22. The van der Waals surface area contributed by atoms with Crippen molar-refractivity contribution in [3.8, 4) is 0 Å². The molecule has 1 aliphatic rings. The zero-order valence-electron chi connectivity index (χ0n) is 13.9. The van der Waals surface area contributed by atoms with Gasteiger partial charge in [0.1, 0.15) is 0 Å². The Labute approximate surface area is 138 Å². The minimum absolute atomic E-state index is 0.171. The van der Waals surface area contributed by atoms with Gasteiger partial charge in [-0.2, -0.15) is 0 Å². The van der Waals surface area contributed by atoms with Crippen molar-refractivity contribution in [2.75, 3.05) is 18.4 Å². The highest BCUT2D eigenvalue weighted by atomic mass is 16.2. The first-order valence-electron chi connectivity index (χ1n) is 8.36. The van der Waals surface area contributed by atoms with Gasteiger partial charge in [0.25, 0.3) is 0 Å². The Bertz CT molecular complexity index is 709. The summed E-state index contributed by atoms with van der Waals surface area (Å²) in [5, 5.41) is 3.36. The third-order valence-corrected chi connectivity index (χ3v) is 4.64. The average Bonchev–Trinajstić information content (AvgIpc) is 2.59. The molecule has 120 valence electrons. The van der Waals surface area contributed by atoms with Crippen LogP contribution in [-0.2, 0) is 24.2 Å². The normalized spacial score (nSPS) is 13.6. The summed E-state index contributed by atoms with van der Waals surface area (Å²) in [7, 11) is 0. The van der Waals surface area contributed by atoms with E-state index in [1.54, 1.807) is 0 Å². The molecule has 0 aromatic heterocycles. The van der Waals surface area contributed by atoms with Gasteiger partial charge in [-0.15, -0.1) is 0 Å². The van der Waals surface area contributed by atoms with Gasteiger partial charge in [0, 0.05) is 18.8 Å². The minimum Gasteiger partial charge on any atom is -0.376 e. The van der Waals surface area contributed by atoms with E-state index in [4.69, 9.17) is 0 Å². The number of hydrogen-bond acceptors (Lipinski definition) is 2. The average molecular weight is 308 g/mol. The van der Waals surface area contributed by atoms with Crippen molar-refractivity contribution < 1.29 is 4.79 Å². The molecule has 3 nitrogen and oxygen atoms in total. The van der Waals surface area contributed by atoms with Gasteiger partial charge in [0.15, 0.2) is 0 Å². The standard InChI is InChI=1S/C20H24N2O/c1-3-16-10-6-7-15(2)20(16)21-13-19(23)22-12-11-17-8-4-5-9-18(17)14-22/h4-10,21H,3,11-14H2,1-2H3. The number of nitrogens with zero attached hydrogens (tertiary/aromatic N) is 1. The Hall–Kier alpha value is -2.29. The zero-order valence-corrected chi connectivity index (χ0v) is 13.9. The fraction of sp³-hybridized carbons (Fsp3) is 0.350. The molecule has 3 rings (SSSR count). The first-order chi connectivity index (χ1) is 11.2. The maximum atomic E-state index is 12.6. The molecule has 1 aliphatic heterocycles. The van der Waals surface area contributed by atoms with Crippen molar-refractivity contribution in [3.63, 3.8) is 0 Å². The minimum atomic E-state index is 0.171. The van der Waals surface area contributed by atoms with Crippen LogP contribution in [0, 0.1) is 6.92 Å². The monoisotopic (exact) mass is 308 g/mol. The highest BCUT2D eigenvalue weighted by Gasteiger charge is 2.20. The predicted octanol–water partition coefficient (Wildman–Crippen LogP) is 3.55. The van der Waals surface area contributed by atoms with Crippen LogP contribution in [0.3, 0.4) is 0 Å². The summed E-state index contributed by atoms with van der Waals surface area (Å²) >= 11 is 0. The third-order valence-electron chi connectivity index (χ3n) is 4.64. The molecule has 0 saturated heterocycles. The molecule has 0 atom stereocenters. The quantitative estimate of drug-likeness (QED) is 0.937. The molecule has 2 aromatic rings. The van der Waals surface area contributed by atoms with Gasteiger partial charge in [0.2, 0.25) is 5.91 Å². The Morgan fingerprint density at radius 3 is 2.70 bits per heavy atom. The van der Waals surface area contributed by atoms with Crippen molar-refractivity contribution in [2.24, 2.45) is 0 Å². The molecule has 0 unspecified atom stereocenters. The molecule has 1 heterocycles. The van der Waals surface area contributed by atoms with Crippen molar-refractivity contribution >= 4 is 11.6 Å². The molecule has 0 bridgehead atoms. The first-order valence-corrected chi connectivity index (χ1v) is 8.36. The van der Waals surface area contributed by atoms with E-state index in [-0.39, 0.29) is 5.91 Å². The summed E-state index contributed by atoms with van der Waals surface area (Å²) in [6.45, 7) is 6.13. The number of rotatable bonds is 4. The van der Waals surface area contributed by atoms with Crippen molar-refractivity contribution in [2.45, 2.75) is 33.2 Å². The molecule has 2 aromatic carbocycles. The second kappa shape index (κ2) is 6.86. The molecule has 1 amide bonds. The SMILES string of the molecule is CCc1cccc(C)c1NCC(=O)N1CCc2ccccc2C1. The first kappa shape index (κ1) is 15.6. The lowest BCUT2D eigenvalue weighted by Gasteiger charge is -2.29. The number of fused-ring (bicyclic) bond motifs is 1. The number of carbonyl (C=O) groups is 1. The second-order valence-electron chi connectivity index (χ2n) is 6.15. The van der Waals surface area contributed by atoms with Gasteiger partial charge in [0.05, 0.1) is 6.54 Å². The molecule has 0 aliphatic carbocycles. The Balaban J connectivity index is 1.65. The Morgan fingerprint density at radius 2 is 1.91 bits per heavy atom. The van der Waals surface area contributed by atoms with E-state index in [9.17, 15) is 4.79 Å². The van der Waals surface area contributed by atoms with Gasteiger partial charge in [-0.3, -0.25) is 4.79 Å². The van der Waals surface area contributed by atoms with Gasteiger partial charge in [-0.25, -0.2) is 0 Å². The van der Waals surface area contributed by atoms with Crippen LogP contribution >= 0.6 is 0 Å². The van der Waals surface area contributed by atoms with Gasteiger partial charge in [-0.1, -0.05) is 49.4 Å². The number of nitrogens with one attached hydrogen (secondary N) is 1. The molecule has 1 N–H and O–H groups in total. The molecule has 0 spiro atoms. The third kappa shape index (κ3) is 3.39. The van der Waals surface area contributed by atoms with E-state index < -0.39 is 0 Å². The highest BCUT2D eigenvalue weighted by molar-refractivity contribution is 5.81. The van der Waals surface area contributed by atoms with Crippen LogP contribution in [0.25, 0.3) is 0 Å². The van der Waals surface area contributed by atoms with E-state index >= 15 is 0 Å². The molecule has 3 heteroatoms. The number of benzene rings is 2. The molecule has 0 fully saturated rings. The number of aryl methyl sites for hydroxylation is 2. The zero-order chi connectivity index (χ0) is 16.2. The number of carbonyl (C=O) groups excluding carboxylic acids is 1. The van der Waals surface area contributed by atoms with Crippen molar-refractivity contribution in [1.82, 2.24) is 4.90 Å². The van der Waals surface area contributed by atoms with Crippen LogP contribution in [-0.4, -0.2) is 23.9 Å². The summed E-state index contributed by atoms with van der Waals surface area (Å²) in [4.78, 5) is 14.5. The lowest BCUT2D eigenvalue weighted by Crippen LogP contribution is -2.39. The molecule has 0 radical (unpaired) electrons. The fourth-order valence-electron chi connectivity index (χ4n) is 3.26. The number of anilines is 1. The van der Waals surface area contributed by atoms with Crippen LogP contribution in [0.2, 0.25) is 0 Å². The van der Waals surface area contributed by atoms with Gasteiger partial charge in [-0.05, 0) is 42.0 Å². The smallest absolute Gasteiger partial charge is 0.242 e. The lowest BCUT2D eigenvalue weighted by molar-refractivity contribution is -0.130. The summed E-state index contributed by atoms with van der Waals surface area (Å²) in [5.41, 5.74) is 6.22. The van der Waals surface area contributed by atoms with Crippen LogP contribution in [0.5, 0.6) is 0 Å². The number of para-hydroxylation sites is 1. The summed E-state index contributed by atoms with van der Waals surface area (Å²) < 4.78 is 0. The van der Waals surface area contributed by atoms with Gasteiger partial charge >= 0.3 is 0 Å². The molecular weight excluding hydrogens is 284 g/mol. The van der Waals surface area contributed by atoms with E-state index in [2.05, 4.69) is 55.6 Å². The maximum absolute atomic E-state index is 12.6. The van der Waals surface area contributed by atoms with Crippen LogP contribution in [0.1, 0.15) is 29.2 Å². The molecule has 23 heavy (non-hydrogen) atoms. The summed E-state index contributed by atoms with van der Waals surface area (Å²) in [6.07, 6.45) is 1.92. The van der Waals surface area contributed by atoms with Crippen LogP contribution in [0.15, 0.2) is 42.5 Å². The number of amides is 1. The number of hydrogen-bond donors (Lipinski definition) is 1. The van der Waals surface area contributed by atoms with E-state index in [0.717, 1.165) is 31.6 Å². The second-order valence-corrected chi connectivity index (χ2v) is 6.15. The van der Waals surface area contributed by atoms with Crippen LogP contribution < -0.4 is 5.32 Å². The van der Waals surface area contributed by atoms with E-state index in [0.29, 0.717) is 6.54 Å². The predicted molar refractivity (Wildman–Crippen MR) is 94.6 cm³/mol. The Morgan fingerprint density at radius 1 is 1.13 bits per heavy atom. The molecular formula is C20H24N2O. The van der Waals surface area contributed by atoms with E-state index in [1.165, 1.54) is 22.3 Å². The van der Waals surface area contributed by atoms with Crippen molar-refractivity contribution in [1.29, 1.82) is 0 Å². The summed E-state index contributed by atoms with van der Waals surface area (Å²) in [6, 6.07) is 14.7. The van der Waals surface area contributed by atoms with Crippen LogP contribution in [0.4, 0.5) is 5.69 Å². The maximum Gasteiger partial charge on any atom is 0.242 e. The molecule has 0 saturated carbocycles. The van der Waals surface area contributed by atoms with Crippen molar-refractivity contribution in [3.05, 3.63) is 64.7 Å². The lowest BCUT2D eigenvalue weighted by atomic mass is 10.00. The topological polar surface area (TPSA) is 32.3 Å².